The van der Waals surface area contributed by atoms with E-state index in [9.17, 15) is 9.59 Å². The molecule has 3 N–H and O–H groups in total. The Balaban J connectivity index is 1.26. The van der Waals surface area contributed by atoms with E-state index in [0.717, 1.165) is 61.9 Å². The zero-order valence-electron chi connectivity index (χ0n) is 19.9. The fourth-order valence-electron chi connectivity index (χ4n) is 5.51. The Kier molecular flexibility index (Phi) is 4.88. The number of carbonyl (C=O) groups excluding carboxylic acids is 2. The smallest absolute Gasteiger partial charge is 0.255 e. The fraction of sp³-hybridized carbons (Fsp3) is 0.370. The number of allylic oxidation sites excluding steroid dienone is 1. The Bertz CT molecular complexity index is 1390. The number of hydrogen-bond acceptors (Lipinski definition) is 5. The Morgan fingerprint density at radius 1 is 1.26 bits per heavy atom. The van der Waals surface area contributed by atoms with Gasteiger partial charge in [-0.3, -0.25) is 9.59 Å². The number of H-pyrrole nitrogens is 1. The topological polar surface area (TPSA) is 111 Å². The van der Waals surface area contributed by atoms with E-state index < -0.39 is 0 Å². The molecule has 8 heteroatoms. The number of carbonyl (C=O) groups is 2. The second-order valence-electron chi connectivity index (χ2n) is 10.1. The molecule has 1 saturated heterocycles. The SMILES string of the molecule is Cc1oc2cc(O/C(=C/C=N)c3[nH]cc(C(=O)N4CCC4)c3C)ccc2c1C(=O)NC12CC(C1)C2. The van der Waals surface area contributed by atoms with E-state index in [1.807, 2.05) is 17.9 Å². The number of amides is 2. The molecule has 0 unspecified atom stereocenters. The molecule has 0 radical (unpaired) electrons. The highest BCUT2D eigenvalue weighted by atomic mass is 16.5. The molecular formula is C27H28N4O4. The van der Waals surface area contributed by atoms with Crippen molar-refractivity contribution in [1.29, 1.82) is 5.41 Å². The zero-order valence-corrected chi connectivity index (χ0v) is 19.9. The first-order chi connectivity index (χ1) is 16.9. The van der Waals surface area contributed by atoms with Gasteiger partial charge in [-0.25, -0.2) is 0 Å². The minimum Gasteiger partial charge on any atom is -0.460 e. The predicted octanol–water partition coefficient (Wildman–Crippen LogP) is 4.58. The highest BCUT2D eigenvalue weighted by molar-refractivity contribution is 6.08. The average molecular weight is 473 g/mol. The Morgan fingerprint density at radius 3 is 2.66 bits per heavy atom. The van der Waals surface area contributed by atoms with Crippen molar-refractivity contribution in [3.8, 4) is 5.75 Å². The summed E-state index contributed by atoms with van der Waals surface area (Å²) in [6.07, 6.45) is 8.66. The minimum atomic E-state index is -0.0844. The summed E-state index contributed by atoms with van der Waals surface area (Å²) in [6, 6.07) is 5.38. The van der Waals surface area contributed by atoms with Gasteiger partial charge in [0.05, 0.1) is 16.8 Å². The van der Waals surface area contributed by atoms with E-state index in [1.165, 1.54) is 6.08 Å². The number of ether oxygens (including phenoxy) is 1. The number of aromatic amines is 1. The maximum Gasteiger partial charge on any atom is 0.255 e. The summed E-state index contributed by atoms with van der Waals surface area (Å²) >= 11 is 0. The summed E-state index contributed by atoms with van der Waals surface area (Å²) in [5.74, 6) is 2.21. The number of furan rings is 1. The van der Waals surface area contributed by atoms with Crippen LogP contribution < -0.4 is 10.1 Å². The number of aryl methyl sites for hydroxylation is 1. The van der Waals surface area contributed by atoms with Crippen molar-refractivity contribution in [2.24, 2.45) is 5.92 Å². The molecule has 1 aromatic carbocycles. The van der Waals surface area contributed by atoms with E-state index in [1.54, 1.807) is 25.3 Å². The zero-order chi connectivity index (χ0) is 24.3. The third-order valence-corrected chi connectivity index (χ3v) is 7.70. The van der Waals surface area contributed by atoms with Crippen molar-refractivity contribution < 1.29 is 18.7 Å². The summed E-state index contributed by atoms with van der Waals surface area (Å²) in [7, 11) is 0. The minimum absolute atomic E-state index is 0.00241. The molecule has 3 aromatic rings. The van der Waals surface area contributed by atoms with Crippen molar-refractivity contribution in [3.63, 3.8) is 0 Å². The van der Waals surface area contributed by atoms with E-state index >= 15 is 0 Å². The standard InChI is InChI=1S/C27H28N4O4/c1-15-20(26(33)31-8-3-9-31)14-29-24(15)21(6-7-28)35-18-4-5-19-22(10-18)34-16(2)23(19)25(32)30-27-11-17(12-27)13-27/h4-7,10,14,17,28-29H,3,8-9,11-13H2,1-2H3,(H,30,32)/b21-6+,28-7?. The summed E-state index contributed by atoms with van der Waals surface area (Å²) in [4.78, 5) is 30.7. The summed E-state index contributed by atoms with van der Waals surface area (Å²) in [5.41, 5.74) is 3.16. The van der Waals surface area contributed by atoms with Gasteiger partial charge >= 0.3 is 0 Å². The van der Waals surface area contributed by atoms with E-state index in [2.05, 4.69) is 10.3 Å². The van der Waals surface area contributed by atoms with Gasteiger partial charge < -0.3 is 29.8 Å². The summed E-state index contributed by atoms with van der Waals surface area (Å²) in [5, 5.41) is 11.5. The van der Waals surface area contributed by atoms with Crippen LogP contribution in [0.2, 0.25) is 0 Å². The summed E-state index contributed by atoms with van der Waals surface area (Å²) < 4.78 is 12.1. The van der Waals surface area contributed by atoms with Crippen LogP contribution >= 0.6 is 0 Å². The third kappa shape index (κ3) is 3.47. The van der Waals surface area contributed by atoms with Crippen LogP contribution in [0, 0.1) is 25.2 Å². The number of likely N-dealkylation sites (tertiary alicyclic amines) is 1. The molecule has 4 fully saturated rings. The van der Waals surface area contributed by atoms with Gasteiger partial charge in [0.1, 0.15) is 17.1 Å². The number of hydrogen-bond donors (Lipinski definition) is 3. The molecule has 3 saturated carbocycles. The van der Waals surface area contributed by atoms with Crippen LogP contribution in [0.1, 0.15) is 63.4 Å². The molecule has 0 atom stereocenters. The van der Waals surface area contributed by atoms with Crippen molar-refractivity contribution in [1.82, 2.24) is 15.2 Å². The third-order valence-electron chi connectivity index (χ3n) is 7.70. The Morgan fingerprint density at radius 2 is 2.03 bits per heavy atom. The van der Waals surface area contributed by atoms with Gasteiger partial charge in [-0.1, -0.05) is 0 Å². The van der Waals surface area contributed by atoms with E-state index in [0.29, 0.717) is 39.7 Å². The fourth-order valence-corrected chi connectivity index (χ4v) is 5.51. The molecule has 3 heterocycles. The molecule has 2 amide bonds. The van der Waals surface area contributed by atoms with Crippen LogP contribution in [0.5, 0.6) is 5.75 Å². The predicted molar refractivity (Wildman–Crippen MR) is 132 cm³/mol. The lowest BCUT2D eigenvalue weighted by Crippen LogP contribution is -2.68. The van der Waals surface area contributed by atoms with Gasteiger partial charge in [0.25, 0.3) is 11.8 Å². The van der Waals surface area contributed by atoms with Crippen LogP contribution in [0.3, 0.4) is 0 Å². The van der Waals surface area contributed by atoms with Crippen molar-refractivity contribution in [2.45, 2.75) is 45.1 Å². The Hall–Kier alpha value is -3.81. The largest absolute Gasteiger partial charge is 0.460 e. The molecule has 1 aliphatic heterocycles. The van der Waals surface area contributed by atoms with Crippen molar-refractivity contribution >= 4 is 34.8 Å². The molecule has 2 aromatic heterocycles. The van der Waals surface area contributed by atoms with Gasteiger partial charge in [-0.05, 0) is 63.1 Å². The molecular weight excluding hydrogens is 444 g/mol. The highest BCUT2D eigenvalue weighted by Gasteiger charge is 2.57. The molecule has 0 spiro atoms. The van der Waals surface area contributed by atoms with Crippen LogP contribution in [0.25, 0.3) is 16.7 Å². The van der Waals surface area contributed by atoms with Crippen LogP contribution in [0.4, 0.5) is 0 Å². The van der Waals surface area contributed by atoms with Gasteiger partial charge in [0, 0.05) is 48.6 Å². The number of nitrogens with one attached hydrogen (secondary N) is 3. The quantitative estimate of drug-likeness (QED) is 0.345. The highest BCUT2D eigenvalue weighted by Crippen LogP contribution is 2.57. The van der Waals surface area contributed by atoms with E-state index in [4.69, 9.17) is 14.6 Å². The first-order valence-corrected chi connectivity index (χ1v) is 12.1. The summed E-state index contributed by atoms with van der Waals surface area (Å²) in [6.45, 7) is 5.23. The molecule has 2 bridgehead atoms. The number of rotatable bonds is 7. The first-order valence-electron chi connectivity index (χ1n) is 12.1. The molecule has 180 valence electrons. The lowest BCUT2D eigenvalue weighted by Gasteiger charge is -2.61. The van der Waals surface area contributed by atoms with Gasteiger partial charge in [0.15, 0.2) is 5.76 Å². The van der Waals surface area contributed by atoms with Gasteiger partial charge in [-0.2, -0.15) is 0 Å². The molecule has 7 rings (SSSR count). The molecule has 8 nitrogen and oxygen atoms in total. The van der Waals surface area contributed by atoms with Crippen LogP contribution in [-0.2, 0) is 0 Å². The maximum absolute atomic E-state index is 13.0. The van der Waals surface area contributed by atoms with Crippen LogP contribution in [0.15, 0.2) is 34.9 Å². The second kappa shape index (κ2) is 7.86. The molecule has 4 aliphatic rings. The van der Waals surface area contributed by atoms with E-state index in [-0.39, 0.29) is 17.4 Å². The van der Waals surface area contributed by atoms with Gasteiger partial charge in [-0.15, -0.1) is 0 Å². The van der Waals surface area contributed by atoms with Crippen LogP contribution in [-0.4, -0.2) is 46.5 Å². The number of nitrogens with zero attached hydrogens (tertiary/aromatic N) is 1. The average Bonchev–Trinajstić information content (AvgIpc) is 3.26. The van der Waals surface area contributed by atoms with Crippen molar-refractivity contribution in [3.05, 3.63) is 58.6 Å². The maximum atomic E-state index is 13.0. The van der Waals surface area contributed by atoms with Gasteiger partial charge in [0.2, 0.25) is 0 Å². The monoisotopic (exact) mass is 472 g/mol. The van der Waals surface area contributed by atoms with Crippen molar-refractivity contribution in [2.75, 3.05) is 13.1 Å². The first kappa shape index (κ1) is 21.7. The lowest BCUT2D eigenvalue weighted by atomic mass is 9.50. The lowest BCUT2D eigenvalue weighted by molar-refractivity contribution is -0.0438. The number of benzene rings is 1. The second-order valence-corrected chi connectivity index (χ2v) is 10.1. The normalized spacial score (nSPS) is 22.7. The molecule has 35 heavy (non-hydrogen) atoms. The number of fused-ring (bicyclic) bond motifs is 1. The number of aromatic nitrogens is 1. The molecule has 3 aliphatic carbocycles. The Labute approximate surface area is 202 Å².